The molecule has 0 spiro atoms. The fourth-order valence-electron chi connectivity index (χ4n) is 2.22. The first-order valence-electron chi connectivity index (χ1n) is 6.65. The van der Waals surface area contributed by atoms with E-state index in [4.69, 9.17) is 9.47 Å². The highest BCUT2D eigenvalue weighted by molar-refractivity contribution is 5.84. The van der Waals surface area contributed by atoms with E-state index in [1.54, 1.807) is 6.20 Å². The second-order valence-electron chi connectivity index (χ2n) is 4.76. The van der Waals surface area contributed by atoms with Crippen molar-refractivity contribution in [1.82, 2.24) is 15.3 Å². The van der Waals surface area contributed by atoms with Crippen LogP contribution in [0.1, 0.15) is 25.0 Å². The zero-order valence-electron chi connectivity index (χ0n) is 11.4. The predicted octanol–water partition coefficient (Wildman–Crippen LogP) is 0.179. The summed E-state index contributed by atoms with van der Waals surface area (Å²) >= 11 is 0. The van der Waals surface area contributed by atoms with Crippen LogP contribution >= 0.6 is 0 Å². The molecule has 0 bridgehead atoms. The molecule has 20 heavy (non-hydrogen) atoms. The van der Waals surface area contributed by atoms with Gasteiger partial charge < -0.3 is 19.8 Å². The number of methoxy groups -OCH3 is 1. The number of nitrogens with one attached hydrogen (secondary N) is 2. The molecule has 1 aliphatic heterocycles. The van der Waals surface area contributed by atoms with Gasteiger partial charge in [-0.25, -0.2) is 9.78 Å². The minimum absolute atomic E-state index is 0.0412. The Balaban J connectivity index is 1.89. The molecule has 0 aliphatic carbocycles. The van der Waals surface area contributed by atoms with E-state index in [1.165, 1.54) is 13.4 Å². The van der Waals surface area contributed by atoms with Crippen molar-refractivity contribution in [2.75, 3.05) is 13.7 Å². The number of carbonyl (C=O) groups is 2. The molecule has 0 aromatic carbocycles. The molecular weight excluding hydrogens is 262 g/mol. The van der Waals surface area contributed by atoms with Crippen LogP contribution in [0.15, 0.2) is 12.5 Å². The highest BCUT2D eigenvalue weighted by Crippen LogP contribution is 2.15. The van der Waals surface area contributed by atoms with Crippen LogP contribution < -0.4 is 5.32 Å². The highest BCUT2D eigenvalue weighted by atomic mass is 16.5. The van der Waals surface area contributed by atoms with Crippen LogP contribution in [0.5, 0.6) is 0 Å². The lowest BCUT2D eigenvalue weighted by Gasteiger charge is -2.17. The van der Waals surface area contributed by atoms with E-state index in [9.17, 15) is 9.59 Å². The van der Waals surface area contributed by atoms with Crippen LogP contribution in [-0.4, -0.2) is 47.7 Å². The third-order valence-electron chi connectivity index (χ3n) is 3.24. The van der Waals surface area contributed by atoms with Gasteiger partial charge in [0.05, 0.1) is 26.0 Å². The molecule has 1 aromatic rings. The summed E-state index contributed by atoms with van der Waals surface area (Å²) in [5.41, 5.74) is 0.762. The maximum Gasteiger partial charge on any atom is 0.328 e. The molecule has 1 amide bonds. The molecule has 110 valence electrons. The molecule has 1 fully saturated rings. The Hall–Kier alpha value is -1.89. The number of nitrogens with zero attached hydrogens (tertiary/aromatic N) is 1. The minimum Gasteiger partial charge on any atom is -0.467 e. The Bertz CT molecular complexity index is 440. The maximum absolute atomic E-state index is 11.9. The molecule has 7 nitrogen and oxygen atoms in total. The van der Waals surface area contributed by atoms with Crippen molar-refractivity contribution in [2.24, 2.45) is 0 Å². The SMILES string of the molecule is COC(=O)[C@H](Cc1cnc[nH]1)NC(=O)CC1CCCO1. The number of imidazole rings is 1. The molecule has 1 aliphatic rings. The number of rotatable bonds is 6. The van der Waals surface area contributed by atoms with Gasteiger partial charge >= 0.3 is 5.97 Å². The van der Waals surface area contributed by atoms with Crippen LogP contribution in [0.4, 0.5) is 0 Å². The van der Waals surface area contributed by atoms with Crippen LogP contribution in [0.2, 0.25) is 0 Å². The molecule has 1 saturated heterocycles. The van der Waals surface area contributed by atoms with E-state index >= 15 is 0 Å². The van der Waals surface area contributed by atoms with Crippen molar-refractivity contribution < 1.29 is 19.1 Å². The smallest absolute Gasteiger partial charge is 0.328 e. The summed E-state index contributed by atoms with van der Waals surface area (Å²) in [6, 6.07) is -0.714. The zero-order chi connectivity index (χ0) is 14.4. The lowest BCUT2D eigenvalue weighted by atomic mass is 10.1. The predicted molar refractivity (Wildman–Crippen MR) is 69.8 cm³/mol. The quantitative estimate of drug-likeness (QED) is 0.725. The Kier molecular flexibility index (Phi) is 5.11. The number of ether oxygens (including phenoxy) is 2. The summed E-state index contributed by atoms with van der Waals surface area (Å²) in [5, 5.41) is 2.69. The van der Waals surface area contributed by atoms with Gasteiger partial charge in [0.25, 0.3) is 0 Å². The summed E-state index contributed by atoms with van der Waals surface area (Å²) in [7, 11) is 1.30. The van der Waals surface area contributed by atoms with E-state index in [2.05, 4.69) is 15.3 Å². The molecule has 2 atom stereocenters. The van der Waals surface area contributed by atoms with Crippen molar-refractivity contribution in [1.29, 1.82) is 0 Å². The number of aromatic amines is 1. The van der Waals surface area contributed by atoms with Gasteiger partial charge in [0, 0.05) is 24.9 Å². The summed E-state index contributed by atoms with van der Waals surface area (Å²) in [6.07, 6.45) is 5.56. The van der Waals surface area contributed by atoms with Crippen molar-refractivity contribution >= 4 is 11.9 Å². The molecular formula is C13H19N3O4. The van der Waals surface area contributed by atoms with E-state index in [0.717, 1.165) is 18.5 Å². The number of amides is 1. The summed E-state index contributed by atoms with van der Waals surface area (Å²) in [6.45, 7) is 0.701. The Morgan fingerprint density at radius 2 is 2.50 bits per heavy atom. The number of carbonyl (C=O) groups excluding carboxylic acids is 2. The van der Waals surface area contributed by atoms with Crippen molar-refractivity contribution in [2.45, 2.75) is 37.8 Å². The van der Waals surface area contributed by atoms with Gasteiger partial charge in [-0.2, -0.15) is 0 Å². The topological polar surface area (TPSA) is 93.3 Å². The van der Waals surface area contributed by atoms with E-state index in [-0.39, 0.29) is 18.4 Å². The molecule has 2 heterocycles. The van der Waals surface area contributed by atoms with Crippen molar-refractivity contribution in [3.05, 3.63) is 18.2 Å². The number of hydrogen-bond acceptors (Lipinski definition) is 5. The molecule has 0 radical (unpaired) electrons. The molecule has 2 rings (SSSR count). The van der Waals surface area contributed by atoms with Crippen LogP contribution in [-0.2, 0) is 25.5 Å². The van der Waals surface area contributed by atoms with Crippen LogP contribution in [0.3, 0.4) is 0 Å². The Morgan fingerprint density at radius 3 is 3.10 bits per heavy atom. The average molecular weight is 281 g/mol. The second kappa shape index (κ2) is 7.04. The molecule has 0 saturated carbocycles. The first-order chi connectivity index (χ1) is 9.69. The van der Waals surface area contributed by atoms with Gasteiger partial charge in [0.1, 0.15) is 6.04 Å². The van der Waals surface area contributed by atoms with Gasteiger partial charge in [-0.1, -0.05) is 0 Å². The normalized spacial score (nSPS) is 19.6. The first-order valence-corrected chi connectivity index (χ1v) is 6.65. The van der Waals surface area contributed by atoms with E-state index in [0.29, 0.717) is 13.0 Å². The third kappa shape index (κ3) is 4.06. The van der Waals surface area contributed by atoms with E-state index in [1.807, 2.05) is 0 Å². The van der Waals surface area contributed by atoms with Crippen molar-refractivity contribution in [3.8, 4) is 0 Å². The fourth-order valence-corrected chi connectivity index (χ4v) is 2.22. The Morgan fingerprint density at radius 1 is 1.65 bits per heavy atom. The average Bonchev–Trinajstić information content (AvgIpc) is 3.10. The number of H-pyrrole nitrogens is 1. The first kappa shape index (κ1) is 14.5. The third-order valence-corrected chi connectivity index (χ3v) is 3.24. The summed E-state index contributed by atoms with van der Waals surface area (Å²) in [4.78, 5) is 30.4. The monoisotopic (exact) mass is 281 g/mol. The second-order valence-corrected chi connectivity index (χ2v) is 4.76. The fraction of sp³-hybridized carbons (Fsp3) is 0.615. The molecule has 1 aromatic heterocycles. The Labute approximate surface area is 117 Å². The molecule has 7 heteroatoms. The lowest BCUT2D eigenvalue weighted by molar-refractivity contribution is -0.145. The molecule has 1 unspecified atom stereocenters. The summed E-state index contributed by atoms with van der Waals surface area (Å²) < 4.78 is 10.1. The highest BCUT2D eigenvalue weighted by Gasteiger charge is 2.25. The number of esters is 1. The largest absolute Gasteiger partial charge is 0.467 e. The van der Waals surface area contributed by atoms with Crippen molar-refractivity contribution in [3.63, 3.8) is 0 Å². The maximum atomic E-state index is 11.9. The van der Waals surface area contributed by atoms with Gasteiger partial charge in [0.15, 0.2) is 0 Å². The number of hydrogen-bond donors (Lipinski definition) is 2. The van der Waals surface area contributed by atoms with E-state index < -0.39 is 12.0 Å². The summed E-state index contributed by atoms with van der Waals surface area (Å²) in [5.74, 6) is -0.674. The van der Waals surface area contributed by atoms with Crippen LogP contribution in [0.25, 0.3) is 0 Å². The number of aromatic nitrogens is 2. The minimum atomic E-state index is -0.714. The van der Waals surface area contributed by atoms with Gasteiger partial charge in [-0.05, 0) is 12.8 Å². The van der Waals surface area contributed by atoms with Gasteiger partial charge in [-0.3, -0.25) is 4.79 Å². The lowest BCUT2D eigenvalue weighted by Crippen LogP contribution is -2.44. The molecule has 2 N–H and O–H groups in total. The van der Waals surface area contributed by atoms with Gasteiger partial charge in [-0.15, -0.1) is 0 Å². The van der Waals surface area contributed by atoms with Crippen LogP contribution in [0, 0.1) is 0 Å². The standard InChI is InChI=1S/C13H19N3O4/c1-19-13(18)11(5-9-7-14-8-15-9)16-12(17)6-10-3-2-4-20-10/h7-8,10-11H,2-6H2,1H3,(H,14,15)(H,16,17)/t10?,11-/m0/s1. The zero-order valence-corrected chi connectivity index (χ0v) is 11.4. The van der Waals surface area contributed by atoms with Gasteiger partial charge in [0.2, 0.25) is 5.91 Å².